The van der Waals surface area contributed by atoms with Gasteiger partial charge in [0.05, 0.1) is 18.3 Å². The molecule has 142 valence electrons. The number of hydrogen-bond acceptors (Lipinski definition) is 4. The van der Waals surface area contributed by atoms with Crippen molar-refractivity contribution in [3.05, 3.63) is 46.7 Å². The summed E-state index contributed by atoms with van der Waals surface area (Å²) >= 11 is 6.31. The fraction of sp³-hybridized carbons (Fsp3) is 0.500. The molecule has 2 N–H and O–H groups in total. The third kappa shape index (κ3) is 4.75. The minimum atomic E-state index is -0.223. The fourth-order valence-electron chi connectivity index (χ4n) is 3.18. The van der Waals surface area contributed by atoms with Gasteiger partial charge in [-0.05, 0) is 43.5 Å². The molecule has 1 fully saturated rings. The van der Waals surface area contributed by atoms with E-state index in [1.54, 1.807) is 6.20 Å². The normalized spacial score (nSPS) is 16.2. The molecular formula is C18H25Cl2N5O. The van der Waals surface area contributed by atoms with E-state index in [9.17, 15) is 4.79 Å². The number of nitrogens with one attached hydrogen (secondary N) is 2. The summed E-state index contributed by atoms with van der Waals surface area (Å²) in [5.41, 5.74) is 1.26. The van der Waals surface area contributed by atoms with Crippen molar-refractivity contribution in [2.45, 2.75) is 38.8 Å². The van der Waals surface area contributed by atoms with E-state index in [1.165, 1.54) is 0 Å². The first-order valence-electron chi connectivity index (χ1n) is 8.74. The van der Waals surface area contributed by atoms with Crippen molar-refractivity contribution < 1.29 is 4.79 Å². The molecule has 1 atom stereocenters. The summed E-state index contributed by atoms with van der Waals surface area (Å²) in [6, 6.07) is 7.72. The van der Waals surface area contributed by atoms with Gasteiger partial charge in [-0.25, -0.2) is 4.68 Å². The van der Waals surface area contributed by atoms with Crippen molar-refractivity contribution in [2.75, 3.05) is 13.1 Å². The van der Waals surface area contributed by atoms with E-state index in [2.05, 4.69) is 34.8 Å². The summed E-state index contributed by atoms with van der Waals surface area (Å²) < 4.78 is 1.82. The average Bonchev–Trinajstić information content (AvgIpc) is 3.11. The van der Waals surface area contributed by atoms with E-state index in [0.717, 1.165) is 31.5 Å². The van der Waals surface area contributed by atoms with Crippen LogP contribution in [-0.2, 0) is 0 Å². The van der Waals surface area contributed by atoms with E-state index >= 15 is 0 Å². The van der Waals surface area contributed by atoms with Crippen molar-refractivity contribution in [1.82, 2.24) is 25.6 Å². The Kier molecular flexibility index (Phi) is 7.43. The lowest BCUT2D eigenvalue weighted by Crippen LogP contribution is -2.32. The minimum absolute atomic E-state index is 0. The monoisotopic (exact) mass is 397 g/mol. The van der Waals surface area contributed by atoms with Gasteiger partial charge in [0.1, 0.15) is 0 Å². The Bertz CT molecular complexity index is 728. The van der Waals surface area contributed by atoms with Crippen LogP contribution >= 0.6 is 24.0 Å². The predicted molar refractivity (Wildman–Crippen MR) is 105 cm³/mol. The standard InChI is InChI=1S/C18H24ClN5O.ClH/c1-12(2)17(14-5-3-4-6-15(14)19)21-18(25)16-11-24(23-22-16)13-7-9-20-10-8-13;/h3-6,11-13,17,20H,7-10H2,1-2H3,(H,21,25);1H. The zero-order valence-electron chi connectivity index (χ0n) is 15.0. The van der Waals surface area contributed by atoms with Gasteiger partial charge >= 0.3 is 0 Å². The van der Waals surface area contributed by atoms with Gasteiger partial charge in [-0.3, -0.25) is 4.79 Å². The summed E-state index contributed by atoms with van der Waals surface area (Å²) in [6.45, 7) is 6.04. The molecule has 0 radical (unpaired) electrons. The highest BCUT2D eigenvalue weighted by molar-refractivity contribution is 6.31. The maximum absolute atomic E-state index is 12.7. The van der Waals surface area contributed by atoms with Crippen LogP contribution in [0, 0.1) is 5.92 Å². The maximum atomic E-state index is 12.7. The maximum Gasteiger partial charge on any atom is 0.273 e. The zero-order valence-corrected chi connectivity index (χ0v) is 16.6. The van der Waals surface area contributed by atoms with Gasteiger partial charge in [0.15, 0.2) is 5.69 Å². The van der Waals surface area contributed by atoms with Crippen molar-refractivity contribution in [3.8, 4) is 0 Å². The quantitative estimate of drug-likeness (QED) is 0.810. The Morgan fingerprint density at radius 1 is 1.31 bits per heavy atom. The minimum Gasteiger partial charge on any atom is -0.343 e. The molecule has 1 aliphatic rings. The van der Waals surface area contributed by atoms with E-state index in [-0.39, 0.29) is 30.3 Å². The number of rotatable bonds is 5. The van der Waals surface area contributed by atoms with Crippen molar-refractivity contribution in [1.29, 1.82) is 0 Å². The highest BCUT2D eigenvalue weighted by atomic mass is 35.5. The summed E-state index contributed by atoms with van der Waals surface area (Å²) in [5, 5.41) is 15.3. The molecule has 2 aromatic rings. The van der Waals surface area contributed by atoms with Crippen LogP contribution in [0.4, 0.5) is 0 Å². The lowest BCUT2D eigenvalue weighted by atomic mass is 9.96. The molecule has 1 aliphatic heterocycles. The second kappa shape index (κ2) is 9.35. The third-order valence-corrected chi connectivity index (χ3v) is 4.96. The first kappa shape index (κ1) is 20.7. The average molecular weight is 398 g/mol. The van der Waals surface area contributed by atoms with Crippen LogP contribution in [0.3, 0.4) is 0 Å². The van der Waals surface area contributed by atoms with E-state index in [1.807, 2.05) is 28.9 Å². The molecule has 3 rings (SSSR count). The summed E-state index contributed by atoms with van der Waals surface area (Å²) in [7, 11) is 0. The van der Waals surface area contributed by atoms with Crippen molar-refractivity contribution in [3.63, 3.8) is 0 Å². The number of halogens is 2. The lowest BCUT2D eigenvalue weighted by molar-refractivity contribution is 0.0920. The molecule has 6 nitrogen and oxygen atoms in total. The Balaban J connectivity index is 0.00000243. The van der Waals surface area contributed by atoms with Crippen LogP contribution in [0.5, 0.6) is 0 Å². The number of carbonyl (C=O) groups excluding carboxylic acids is 1. The number of amides is 1. The fourth-order valence-corrected chi connectivity index (χ4v) is 3.43. The number of hydrogen-bond donors (Lipinski definition) is 2. The lowest BCUT2D eigenvalue weighted by Gasteiger charge is -2.23. The predicted octanol–water partition coefficient (Wildman–Crippen LogP) is 3.40. The van der Waals surface area contributed by atoms with Gasteiger partial charge in [0, 0.05) is 5.02 Å². The second-order valence-corrected chi connectivity index (χ2v) is 7.19. The van der Waals surface area contributed by atoms with Crippen LogP contribution in [0.1, 0.15) is 54.8 Å². The molecule has 1 saturated heterocycles. The topological polar surface area (TPSA) is 71.8 Å². The van der Waals surface area contributed by atoms with Crippen LogP contribution in [0.15, 0.2) is 30.5 Å². The number of benzene rings is 1. The molecule has 1 amide bonds. The van der Waals surface area contributed by atoms with Gasteiger partial charge in [-0.1, -0.05) is 48.9 Å². The van der Waals surface area contributed by atoms with Crippen molar-refractivity contribution in [2.24, 2.45) is 5.92 Å². The van der Waals surface area contributed by atoms with E-state index in [0.29, 0.717) is 16.8 Å². The highest BCUT2D eigenvalue weighted by Crippen LogP contribution is 2.28. The number of piperidine rings is 1. The summed E-state index contributed by atoms with van der Waals surface area (Å²) in [6.07, 6.45) is 3.74. The second-order valence-electron chi connectivity index (χ2n) is 6.78. The molecule has 8 heteroatoms. The SMILES string of the molecule is CC(C)C(NC(=O)c1cn(C2CCNCC2)nn1)c1ccccc1Cl.Cl. The molecule has 2 heterocycles. The molecule has 0 aliphatic carbocycles. The number of aromatic nitrogens is 3. The molecular weight excluding hydrogens is 373 g/mol. The molecule has 0 bridgehead atoms. The van der Waals surface area contributed by atoms with Gasteiger partial charge in [-0.2, -0.15) is 0 Å². The number of nitrogens with zero attached hydrogens (tertiary/aromatic N) is 3. The third-order valence-electron chi connectivity index (χ3n) is 4.62. The van der Waals surface area contributed by atoms with Crippen molar-refractivity contribution >= 4 is 29.9 Å². The smallest absolute Gasteiger partial charge is 0.273 e. The van der Waals surface area contributed by atoms with Crippen LogP contribution in [0.2, 0.25) is 5.02 Å². The Labute approximate surface area is 165 Å². The van der Waals surface area contributed by atoms with Gasteiger partial charge in [-0.15, -0.1) is 17.5 Å². The van der Waals surface area contributed by atoms with Crippen LogP contribution in [-0.4, -0.2) is 34.0 Å². The van der Waals surface area contributed by atoms with Gasteiger partial charge < -0.3 is 10.6 Å². The molecule has 26 heavy (non-hydrogen) atoms. The highest BCUT2D eigenvalue weighted by Gasteiger charge is 2.24. The van der Waals surface area contributed by atoms with E-state index in [4.69, 9.17) is 11.6 Å². The van der Waals surface area contributed by atoms with Gasteiger partial charge in [0.2, 0.25) is 0 Å². The first-order valence-corrected chi connectivity index (χ1v) is 9.12. The Morgan fingerprint density at radius 3 is 2.65 bits per heavy atom. The number of carbonyl (C=O) groups is 1. The first-order chi connectivity index (χ1) is 12.1. The Hall–Kier alpha value is -1.63. The van der Waals surface area contributed by atoms with E-state index < -0.39 is 0 Å². The van der Waals surface area contributed by atoms with Crippen LogP contribution < -0.4 is 10.6 Å². The summed E-state index contributed by atoms with van der Waals surface area (Å²) in [4.78, 5) is 12.7. The molecule has 1 unspecified atom stereocenters. The van der Waals surface area contributed by atoms with Gasteiger partial charge in [0.25, 0.3) is 5.91 Å². The molecule has 0 saturated carbocycles. The molecule has 1 aromatic carbocycles. The zero-order chi connectivity index (χ0) is 17.8. The Morgan fingerprint density at radius 2 is 2.00 bits per heavy atom. The largest absolute Gasteiger partial charge is 0.343 e. The molecule has 0 spiro atoms. The van der Waals surface area contributed by atoms with Crippen LogP contribution in [0.25, 0.3) is 0 Å². The summed E-state index contributed by atoms with van der Waals surface area (Å²) in [5.74, 6) is -0.0258. The molecule has 1 aromatic heterocycles.